The van der Waals surface area contributed by atoms with Crippen molar-refractivity contribution in [3.63, 3.8) is 0 Å². The molecule has 2 rings (SSSR count). The van der Waals surface area contributed by atoms with E-state index in [1.165, 1.54) is 5.56 Å². The van der Waals surface area contributed by atoms with E-state index in [1.807, 2.05) is 25.2 Å². The van der Waals surface area contributed by atoms with Crippen molar-refractivity contribution >= 4 is 52.1 Å². The summed E-state index contributed by atoms with van der Waals surface area (Å²) < 4.78 is 0. The third-order valence-corrected chi connectivity index (χ3v) is 4.31. The minimum Gasteiger partial charge on any atom is -0.325 e. The molecule has 0 aliphatic heterocycles. The Morgan fingerprint density at radius 1 is 1.18 bits per heavy atom. The number of hydrogen-bond donors (Lipinski definition) is 2. The van der Waals surface area contributed by atoms with Crippen LogP contribution >= 0.6 is 34.8 Å². The van der Waals surface area contributed by atoms with Crippen LogP contribution in [0.2, 0.25) is 15.1 Å². The average molecular weight is 357 g/mol. The lowest BCUT2D eigenvalue weighted by atomic mass is 10.1. The Hall–Kier alpha value is -1.42. The van der Waals surface area contributed by atoms with Gasteiger partial charge in [0.05, 0.1) is 15.7 Å². The zero-order chi connectivity index (χ0) is 16.3. The van der Waals surface area contributed by atoms with Gasteiger partial charge >= 0.3 is 0 Å². The van der Waals surface area contributed by atoms with Crippen LogP contribution in [0.15, 0.2) is 36.4 Å². The van der Waals surface area contributed by atoms with Gasteiger partial charge in [0.2, 0.25) is 0 Å². The molecule has 3 nitrogen and oxygen atoms in total. The first-order valence-electron chi connectivity index (χ1n) is 6.75. The second kappa shape index (κ2) is 7.23. The van der Waals surface area contributed by atoms with E-state index in [9.17, 15) is 0 Å². The standard InChI is InChI=1S/C16H16Cl3N3/c1-3-10-5-4-6-12(7-10)22(2)16(20)21-14-9-11(17)8-13(18)15(14)19/h4-9H,3H2,1-2H3,(H2,20,21). The number of nitrogens with zero attached hydrogens (tertiary/aromatic N) is 1. The summed E-state index contributed by atoms with van der Waals surface area (Å²) in [5.41, 5.74) is 2.63. The summed E-state index contributed by atoms with van der Waals surface area (Å²) in [7, 11) is 1.81. The molecule has 0 aliphatic carbocycles. The van der Waals surface area contributed by atoms with Gasteiger partial charge in [-0.25, -0.2) is 0 Å². The lowest BCUT2D eigenvalue weighted by Crippen LogP contribution is -2.32. The van der Waals surface area contributed by atoms with E-state index in [0.717, 1.165) is 12.1 Å². The molecule has 0 aliphatic rings. The summed E-state index contributed by atoms with van der Waals surface area (Å²) in [5.74, 6) is 0.175. The van der Waals surface area contributed by atoms with Crippen LogP contribution in [-0.2, 0) is 6.42 Å². The highest BCUT2D eigenvalue weighted by atomic mass is 35.5. The summed E-state index contributed by atoms with van der Waals surface area (Å²) in [6.07, 6.45) is 0.943. The van der Waals surface area contributed by atoms with Crippen LogP contribution in [0.25, 0.3) is 0 Å². The molecule has 2 aromatic carbocycles. The summed E-state index contributed by atoms with van der Waals surface area (Å²) in [6.45, 7) is 2.09. The highest BCUT2D eigenvalue weighted by Crippen LogP contribution is 2.33. The molecule has 0 aromatic heterocycles. The Labute approximate surface area is 145 Å². The van der Waals surface area contributed by atoms with Gasteiger partial charge in [-0.1, -0.05) is 53.9 Å². The molecule has 0 unspecified atom stereocenters. The first-order valence-corrected chi connectivity index (χ1v) is 7.88. The van der Waals surface area contributed by atoms with Crippen molar-refractivity contribution in [1.82, 2.24) is 0 Å². The van der Waals surface area contributed by atoms with Crippen LogP contribution in [0, 0.1) is 5.41 Å². The maximum Gasteiger partial charge on any atom is 0.199 e. The summed E-state index contributed by atoms with van der Waals surface area (Å²) in [5, 5.41) is 12.3. The Morgan fingerprint density at radius 3 is 2.59 bits per heavy atom. The van der Waals surface area contributed by atoms with Crippen molar-refractivity contribution in [3.8, 4) is 0 Å². The highest BCUT2D eigenvalue weighted by molar-refractivity contribution is 6.45. The Bertz CT molecular complexity index is 701. The van der Waals surface area contributed by atoms with Crippen molar-refractivity contribution in [1.29, 1.82) is 5.41 Å². The van der Waals surface area contributed by atoms with E-state index in [4.69, 9.17) is 40.2 Å². The lowest BCUT2D eigenvalue weighted by Gasteiger charge is -2.22. The largest absolute Gasteiger partial charge is 0.325 e. The molecule has 0 amide bonds. The van der Waals surface area contributed by atoms with E-state index in [-0.39, 0.29) is 5.96 Å². The molecule has 0 fully saturated rings. The molecule has 2 N–H and O–H groups in total. The number of nitrogens with one attached hydrogen (secondary N) is 2. The normalized spacial score (nSPS) is 10.4. The molecule has 0 saturated carbocycles. The summed E-state index contributed by atoms with van der Waals surface area (Å²) in [6, 6.07) is 11.2. The molecule has 0 atom stereocenters. The van der Waals surface area contributed by atoms with Gasteiger partial charge in [-0.2, -0.15) is 0 Å². The predicted octanol–water partition coefficient (Wildman–Crippen LogP) is 5.69. The topological polar surface area (TPSA) is 39.1 Å². The van der Waals surface area contributed by atoms with E-state index < -0.39 is 0 Å². The maximum absolute atomic E-state index is 8.20. The first-order chi connectivity index (χ1) is 10.4. The molecular formula is C16H16Cl3N3. The fourth-order valence-corrected chi connectivity index (χ4v) is 2.62. The molecule has 0 saturated heterocycles. The molecule has 0 bridgehead atoms. The van der Waals surface area contributed by atoms with Crippen LogP contribution in [0.5, 0.6) is 0 Å². The molecule has 2 aromatic rings. The van der Waals surface area contributed by atoms with Crippen LogP contribution in [0.4, 0.5) is 11.4 Å². The second-order valence-electron chi connectivity index (χ2n) is 4.81. The number of rotatable bonds is 3. The monoisotopic (exact) mass is 355 g/mol. The van der Waals surface area contributed by atoms with Gasteiger partial charge in [-0.3, -0.25) is 5.41 Å². The van der Waals surface area contributed by atoms with Gasteiger partial charge in [-0.05, 0) is 36.2 Å². The molecule has 22 heavy (non-hydrogen) atoms. The summed E-state index contributed by atoms with van der Waals surface area (Å²) >= 11 is 18.1. The van der Waals surface area contributed by atoms with Crippen LogP contribution < -0.4 is 10.2 Å². The second-order valence-corrected chi connectivity index (χ2v) is 6.03. The third-order valence-electron chi connectivity index (χ3n) is 3.29. The van der Waals surface area contributed by atoms with Gasteiger partial charge in [0.1, 0.15) is 0 Å². The van der Waals surface area contributed by atoms with E-state index >= 15 is 0 Å². The maximum atomic E-state index is 8.20. The quantitative estimate of drug-likeness (QED) is 0.421. The minimum atomic E-state index is 0.175. The fourth-order valence-electron chi connectivity index (χ4n) is 1.97. The molecule has 0 spiro atoms. The Morgan fingerprint density at radius 2 is 1.91 bits per heavy atom. The molecular weight excluding hydrogens is 341 g/mol. The van der Waals surface area contributed by atoms with Crippen LogP contribution in [-0.4, -0.2) is 13.0 Å². The minimum absolute atomic E-state index is 0.175. The Balaban J connectivity index is 2.21. The zero-order valence-corrected chi connectivity index (χ0v) is 14.5. The van der Waals surface area contributed by atoms with Gasteiger partial charge in [0, 0.05) is 17.8 Å². The van der Waals surface area contributed by atoms with Gasteiger partial charge in [-0.15, -0.1) is 0 Å². The molecule has 0 heterocycles. The number of halogens is 3. The highest BCUT2D eigenvalue weighted by Gasteiger charge is 2.12. The van der Waals surface area contributed by atoms with Crippen molar-refractivity contribution in [3.05, 3.63) is 57.0 Å². The zero-order valence-electron chi connectivity index (χ0n) is 12.3. The summed E-state index contributed by atoms with van der Waals surface area (Å²) in [4.78, 5) is 1.73. The predicted molar refractivity (Wildman–Crippen MR) is 97.0 cm³/mol. The molecule has 0 radical (unpaired) electrons. The number of guanidine groups is 1. The molecule has 6 heteroatoms. The van der Waals surface area contributed by atoms with E-state index in [1.54, 1.807) is 17.0 Å². The number of aryl methyl sites for hydroxylation is 1. The third kappa shape index (κ3) is 3.86. The first kappa shape index (κ1) is 16.9. The van der Waals surface area contributed by atoms with E-state index in [2.05, 4.69) is 18.3 Å². The number of hydrogen-bond acceptors (Lipinski definition) is 1. The van der Waals surface area contributed by atoms with Crippen molar-refractivity contribution in [2.75, 3.05) is 17.3 Å². The van der Waals surface area contributed by atoms with Crippen LogP contribution in [0.1, 0.15) is 12.5 Å². The van der Waals surface area contributed by atoms with Gasteiger partial charge in [0.25, 0.3) is 0 Å². The van der Waals surface area contributed by atoms with E-state index in [0.29, 0.717) is 20.8 Å². The SMILES string of the molecule is CCc1cccc(N(C)C(=N)Nc2cc(Cl)cc(Cl)c2Cl)c1. The fraction of sp³-hybridized carbons (Fsp3) is 0.188. The van der Waals surface area contributed by atoms with Crippen LogP contribution in [0.3, 0.4) is 0 Å². The van der Waals surface area contributed by atoms with Crippen molar-refractivity contribution in [2.45, 2.75) is 13.3 Å². The number of anilines is 2. The average Bonchev–Trinajstić information content (AvgIpc) is 2.51. The number of benzene rings is 2. The lowest BCUT2D eigenvalue weighted by molar-refractivity contribution is 1.13. The smallest absolute Gasteiger partial charge is 0.199 e. The van der Waals surface area contributed by atoms with Crippen molar-refractivity contribution in [2.24, 2.45) is 0 Å². The van der Waals surface area contributed by atoms with Gasteiger partial charge < -0.3 is 10.2 Å². The Kier molecular flexibility index (Phi) is 5.57. The molecule has 116 valence electrons. The van der Waals surface area contributed by atoms with Gasteiger partial charge in [0.15, 0.2) is 5.96 Å². The van der Waals surface area contributed by atoms with Crippen molar-refractivity contribution < 1.29 is 0 Å².